The van der Waals surface area contributed by atoms with Crippen molar-refractivity contribution in [2.24, 2.45) is 0 Å². The summed E-state index contributed by atoms with van der Waals surface area (Å²) in [6.45, 7) is 6.65. The van der Waals surface area contributed by atoms with Gasteiger partial charge in [-0.25, -0.2) is 0 Å². The molecule has 0 fully saturated rings. The number of allylic oxidation sites excluding steroid dienone is 1. The third-order valence-corrected chi connectivity index (χ3v) is 4.64. The molecule has 0 aliphatic rings. The number of hydrogen-bond acceptors (Lipinski definition) is 3. The molecule has 0 atom stereocenters. The topological polar surface area (TPSA) is 52.6 Å². The first kappa shape index (κ1) is 22.6. The number of carboxylic acids is 1. The Labute approximate surface area is 178 Å². The van der Waals surface area contributed by atoms with Crippen molar-refractivity contribution in [3.63, 3.8) is 0 Å². The third-order valence-electron chi connectivity index (χ3n) is 4.39. The number of hydrogen-bond donors (Lipinski definition) is 2. The minimum absolute atomic E-state index is 0.00343. The molecule has 0 aromatic heterocycles. The number of rotatable bonds is 10. The fourth-order valence-corrected chi connectivity index (χ4v) is 2.99. The molecule has 154 valence electrons. The lowest BCUT2D eigenvalue weighted by molar-refractivity contribution is -0.136. The molecular formula is C24H29ClN2O2. The second-order valence-corrected chi connectivity index (χ2v) is 7.53. The lowest BCUT2D eigenvalue weighted by atomic mass is 10.1. The van der Waals surface area contributed by atoms with E-state index < -0.39 is 5.97 Å². The quantitative estimate of drug-likeness (QED) is 0.459. The van der Waals surface area contributed by atoms with Crippen LogP contribution in [-0.2, 0) is 4.79 Å². The number of carboxylic acid groups (broad SMARTS) is 1. The summed E-state index contributed by atoms with van der Waals surface area (Å²) in [7, 11) is 0. The molecular weight excluding hydrogens is 384 g/mol. The van der Waals surface area contributed by atoms with Gasteiger partial charge in [-0.05, 0) is 62.2 Å². The maximum atomic E-state index is 11.1. The predicted molar refractivity (Wildman–Crippen MR) is 123 cm³/mol. The molecule has 0 radical (unpaired) electrons. The summed E-state index contributed by atoms with van der Waals surface area (Å²) >= 11 is 6.07. The number of aliphatic carboxylic acids is 1. The first-order chi connectivity index (χ1) is 13.9. The van der Waals surface area contributed by atoms with Crippen molar-refractivity contribution >= 4 is 28.9 Å². The van der Waals surface area contributed by atoms with E-state index in [1.165, 1.54) is 5.56 Å². The fraction of sp³-hybridized carbons (Fsp3) is 0.292. The summed E-state index contributed by atoms with van der Waals surface area (Å²) in [5, 5.41) is 13.3. The van der Waals surface area contributed by atoms with Gasteiger partial charge in [0.15, 0.2) is 0 Å². The van der Waals surface area contributed by atoms with Gasteiger partial charge in [0.2, 0.25) is 0 Å². The van der Waals surface area contributed by atoms with E-state index in [0.717, 1.165) is 35.5 Å². The first-order valence-electron chi connectivity index (χ1n) is 9.82. The summed E-state index contributed by atoms with van der Waals surface area (Å²) in [4.78, 5) is 13.2. The summed E-state index contributed by atoms with van der Waals surface area (Å²) in [6, 6.07) is 15.8. The van der Waals surface area contributed by atoms with Crippen molar-refractivity contribution in [1.82, 2.24) is 0 Å². The van der Waals surface area contributed by atoms with E-state index in [0.29, 0.717) is 11.6 Å². The minimum atomic E-state index is -0.841. The van der Waals surface area contributed by atoms with Crippen molar-refractivity contribution in [3.05, 3.63) is 82.7 Å². The van der Waals surface area contributed by atoms with Gasteiger partial charge in [0.1, 0.15) is 0 Å². The van der Waals surface area contributed by atoms with Crippen LogP contribution in [-0.4, -0.2) is 17.6 Å². The first-order valence-corrected chi connectivity index (χ1v) is 10.2. The zero-order valence-electron chi connectivity index (χ0n) is 17.3. The highest BCUT2D eigenvalue weighted by molar-refractivity contribution is 6.30. The van der Waals surface area contributed by atoms with Gasteiger partial charge >= 0.3 is 5.97 Å². The van der Waals surface area contributed by atoms with Gasteiger partial charge in [0.05, 0.1) is 13.0 Å². The molecule has 0 amide bonds. The smallest absolute Gasteiger partial charge is 0.307 e. The van der Waals surface area contributed by atoms with Crippen LogP contribution in [0.15, 0.2) is 72.1 Å². The van der Waals surface area contributed by atoms with Gasteiger partial charge in [0, 0.05) is 28.3 Å². The molecule has 0 heterocycles. The summed E-state index contributed by atoms with van der Waals surface area (Å²) in [5.74, 6) is -0.841. The van der Waals surface area contributed by atoms with Gasteiger partial charge in [-0.3, -0.25) is 4.79 Å². The Balaban J connectivity index is 2.35. The van der Waals surface area contributed by atoms with Crippen LogP contribution in [0.25, 0.3) is 0 Å². The van der Waals surface area contributed by atoms with E-state index in [9.17, 15) is 4.79 Å². The van der Waals surface area contributed by atoms with E-state index in [1.807, 2.05) is 42.3 Å². The average Bonchev–Trinajstić information content (AvgIpc) is 2.68. The highest BCUT2D eigenvalue weighted by Crippen LogP contribution is 2.25. The highest BCUT2D eigenvalue weighted by Gasteiger charge is 2.12. The van der Waals surface area contributed by atoms with Crippen LogP contribution in [0.1, 0.15) is 38.7 Å². The molecule has 4 nitrogen and oxygen atoms in total. The Morgan fingerprint density at radius 3 is 2.38 bits per heavy atom. The van der Waals surface area contributed by atoms with Gasteiger partial charge < -0.3 is 15.3 Å². The van der Waals surface area contributed by atoms with Gasteiger partial charge in [-0.15, -0.1) is 0 Å². The highest BCUT2D eigenvalue weighted by atomic mass is 35.5. The van der Waals surface area contributed by atoms with E-state index in [-0.39, 0.29) is 6.42 Å². The Morgan fingerprint density at radius 1 is 1.14 bits per heavy atom. The molecule has 2 aromatic carbocycles. The molecule has 29 heavy (non-hydrogen) atoms. The number of anilines is 2. The molecule has 2 aromatic rings. The summed E-state index contributed by atoms with van der Waals surface area (Å²) < 4.78 is 0. The van der Waals surface area contributed by atoms with Gasteiger partial charge in [-0.1, -0.05) is 48.7 Å². The number of nitrogens with zero attached hydrogens (tertiary/aromatic N) is 1. The van der Waals surface area contributed by atoms with Crippen molar-refractivity contribution in [2.45, 2.75) is 40.0 Å². The molecule has 2 N–H and O–H groups in total. The molecule has 0 bridgehead atoms. The van der Waals surface area contributed by atoms with E-state index in [1.54, 1.807) is 0 Å². The molecule has 0 saturated heterocycles. The van der Waals surface area contributed by atoms with Crippen LogP contribution in [0.3, 0.4) is 0 Å². The van der Waals surface area contributed by atoms with Crippen LogP contribution in [0.5, 0.6) is 0 Å². The molecule has 2 rings (SSSR count). The zero-order chi connectivity index (χ0) is 21.2. The Bertz CT molecular complexity index is 855. The lowest BCUT2D eigenvalue weighted by Crippen LogP contribution is -2.22. The Kier molecular flexibility index (Phi) is 8.81. The predicted octanol–water partition coefficient (Wildman–Crippen LogP) is 6.63. The number of benzene rings is 2. The average molecular weight is 413 g/mol. The molecule has 0 aliphatic carbocycles. The number of halogens is 1. The monoisotopic (exact) mass is 412 g/mol. The van der Waals surface area contributed by atoms with Crippen molar-refractivity contribution < 1.29 is 9.90 Å². The summed E-state index contributed by atoms with van der Waals surface area (Å²) in [5.41, 5.74) is 5.02. The second-order valence-electron chi connectivity index (χ2n) is 7.10. The molecule has 0 spiro atoms. The van der Waals surface area contributed by atoms with Crippen LogP contribution < -0.4 is 10.2 Å². The molecule has 0 unspecified atom stereocenters. The summed E-state index contributed by atoms with van der Waals surface area (Å²) in [6.07, 6.45) is 6.05. The number of unbranched alkanes of at least 4 members (excludes halogenated alkanes) is 1. The van der Waals surface area contributed by atoms with Crippen LogP contribution in [0.4, 0.5) is 11.4 Å². The minimum Gasteiger partial charge on any atom is -0.481 e. The zero-order valence-corrected chi connectivity index (χ0v) is 18.0. The van der Waals surface area contributed by atoms with Crippen molar-refractivity contribution in [3.8, 4) is 0 Å². The van der Waals surface area contributed by atoms with Crippen LogP contribution >= 0.6 is 11.6 Å². The maximum Gasteiger partial charge on any atom is 0.307 e. The van der Waals surface area contributed by atoms with Gasteiger partial charge in [-0.2, -0.15) is 0 Å². The maximum absolute atomic E-state index is 11.1. The van der Waals surface area contributed by atoms with E-state index in [2.05, 4.69) is 49.5 Å². The largest absolute Gasteiger partial charge is 0.481 e. The van der Waals surface area contributed by atoms with Gasteiger partial charge in [0.25, 0.3) is 0 Å². The van der Waals surface area contributed by atoms with Crippen molar-refractivity contribution in [1.29, 1.82) is 0 Å². The van der Waals surface area contributed by atoms with Crippen molar-refractivity contribution in [2.75, 3.05) is 16.8 Å². The molecule has 5 heteroatoms. The van der Waals surface area contributed by atoms with Crippen LogP contribution in [0, 0.1) is 6.92 Å². The van der Waals surface area contributed by atoms with E-state index in [4.69, 9.17) is 16.7 Å². The number of carbonyl (C=O) groups is 1. The standard InChI is InChI=1S/C24H29ClN2O2/c1-4-5-6-23(16-26-21-11-7-18(2)8-12-21)27(17-19(3)15-24(28)29)22-13-9-20(25)10-14-22/h6-14,17,26H,4-5,15-16H2,1-3H3,(H,28,29)/b19-17+,23-6+. The molecule has 0 saturated carbocycles. The van der Waals surface area contributed by atoms with E-state index >= 15 is 0 Å². The Morgan fingerprint density at radius 2 is 1.79 bits per heavy atom. The molecule has 0 aliphatic heterocycles. The normalized spacial score (nSPS) is 12.0. The van der Waals surface area contributed by atoms with Crippen LogP contribution in [0.2, 0.25) is 5.02 Å². The lowest BCUT2D eigenvalue weighted by Gasteiger charge is -2.26. The number of nitrogens with one attached hydrogen (secondary N) is 1. The SMILES string of the molecule is CCC/C=C(\CNc1ccc(C)cc1)N(/C=C(\C)CC(=O)O)c1ccc(Cl)cc1. The third kappa shape index (κ3) is 7.66. The number of aryl methyl sites for hydroxylation is 1. The fourth-order valence-electron chi connectivity index (χ4n) is 2.86. The second kappa shape index (κ2) is 11.3. The Hall–Kier alpha value is -2.72.